The number of carbonyl (C=O) groups excluding carboxylic acids is 1. The second-order valence-corrected chi connectivity index (χ2v) is 8.87. The summed E-state index contributed by atoms with van der Waals surface area (Å²) in [4.78, 5) is 19.1. The van der Waals surface area contributed by atoms with Crippen molar-refractivity contribution in [2.45, 2.75) is 24.4 Å². The molecule has 0 aliphatic rings. The van der Waals surface area contributed by atoms with Crippen LogP contribution in [-0.2, 0) is 19.3 Å². The molecule has 0 N–H and O–H groups in total. The number of halogens is 4. The summed E-state index contributed by atoms with van der Waals surface area (Å²) < 4.78 is 58.6. The predicted molar refractivity (Wildman–Crippen MR) is 123 cm³/mol. The van der Waals surface area contributed by atoms with Gasteiger partial charge in [0.1, 0.15) is 17.3 Å². The van der Waals surface area contributed by atoms with E-state index in [0.717, 1.165) is 35.2 Å². The number of thioether (sulfide) groups is 1. The van der Waals surface area contributed by atoms with Gasteiger partial charge in [0.05, 0.1) is 11.9 Å². The Morgan fingerprint density at radius 1 is 1.06 bits per heavy atom. The Bertz CT molecular complexity index is 1380. The van der Waals surface area contributed by atoms with Crippen molar-refractivity contribution in [3.63, 3.8) is 0 Å². The van der Waals surface area contributed by atoms with Gasteiger partial charge < -0.3 is 4.90 Å². The van der Waals surface area contributed by atoms with Crippen molar-refractivity contribution in [1.29, 1.82) is 0 Å². The second-order valence-electron chi connectivity index (χ2n) is 7.92. The highest BCUT2D eigenvalue weighted by atomic mass is 32.2. The molecule has 0 bridgehead atoms. The molecular formula is C24H21F4N5OS. The molecule has 0 aliphatic carbocycles. The molecule has 0 spiro atoms. The molecule has 0 saturated carbocycles. The Labute approximate surface area is 203 Å². The molecule has 0 unspecified atom stereocenters. The Kier molecular flexibility index (Phi) is 6.97. The molecule has 2 aromatic carbocycles. The zero-order valence-corrected chi connectivity index (χ0v) is 19.9. The molecule has 35 heavy (non-hydrogen) atoms. The Balaban J connectivity index is 1.67. The molecule has 4 aromatic rings. The zero-order chi connectivity index (χ0) is 25.3. The minimum Gasteiger partial charge on any atom is -0.336 e. The van der Waals surface area contributed by atoms with Crippen molar-refractivity contribution in [2.75, 3.05) is 7.05 Å². The molecule has 2 aromatic heterocycles. The molecule has 6 nitrogen and oxygen atoms in total. The summed E-state index contributed by atoms with van der Waals surface area (Å²) in [6.45, 7) is 2.13. The fourth-order valence-corrected chi connectivity index (χ4v) is 4.59. The average Bonchev–Trinajstić information content (AvgIpc) is 3.38. The first-order valence-electron chi connectivity index (χ1n) is 10.5. The van der Waals surface area contributed by atoms with Crippen molar-refractivity contribution in [3.05, 3.63) is 94.6 Å². The Hall–Kier alpha value is -3.60. The van der Waals surface area contributed by atoms with Gasteiger partial charge in [-0.2, -0.15) is 5.10 Å². The summed E-state index contributed by atoms with van der Waals surface area (Å²) in [6, 6.07) is 6.96. The smallest absolute Gasteiger partial charge is 0.272 e. The standard InChI is InChI=1S/C24H21F4N5OS/c1-14-15(12-32(3)30-14)11-31(2)23(34)21-10-29-24(33(21)17-6-4-16(25)5-7-17)35-13-18-19(26)8-9-20(27)22(18)28/h4-10,12H,11,13H2,1-3H3. The molecule has 4 rings (SSSR count). The first-order chi connectivity index (χ1) is 16.7. The SMILES string of the molecule is Cc1nn(C)cc1CN(C)C(=O)c1cnc(SCc2c(F)ccc(F)c2F)n1-c1ccc(F)cc1. The summed E-state index contributed by atoms with van der Waals surface area (Å²) in [6.07, 6.45) is 3.17. The quantitative estimate of drug-likeness (QED) is 0.202. The van der Waals surface area contributed by atoms with Gasteiger partial charge in [-0.25, -0.2) is 22.5 Å². The normalized spacial score (nSPS) is 11.2. The number of hydrogen-bond acceptors (Lipinski definition) is 4. The lowest BCUT2D eigenvalue weighted by atomic mass is 10.2. The topological polar surface area (TPSA) is 56.0 Å². The third-order valence-corrected chi connectivity index (χ3v) is 6.37. The highest BCUT2D eigenvalue weighted by Crippen LogP contribution is 2.29. The molecule has 2 heterocycles. The summed E-state index contributed by atoms with van der Waals surface area (Å²) in [5.41, 5.74) is 1.81. The van der Waals surface area contributed by atoms with E-state index in [9.17, 15) is 22.4 Å². The van der Waals surface area contributed by atoms with Gasteiger partial charge in [-0.3, -0.25) is 14.0 Å². The van der Waals surface area contributed by atoms with E-state index in [1.165, 1.54) is 39.9 Å². The first-order valence-corrected chi connectivity index (χ1v) is 11.5. The van der Waals surface area contributed by atoms with Crippen molar-refractivity contribution in [3.8, 4) is 5.69 Å². The average molecular weight is 504 g/mol. The van der Waals surface area contributed by atoms with E-state index < -0.39 is 28.8 Å². The van der Waals surface area contributed by atoms with E-state index >= 15 is 0 Å². The monoisotopic (exact) mass is 503 g/mol. The van der Waals surface area contributed by atoms with Gasteiger partial charge in [0, 0.05) is 49.4 Å². The fourth-order valence-electron chi connectivity index (χ4n) is 3.59. The number of aromatic nitrogens is 4. The lowest BCUT2D eigenvalue weighted by Crippen LogP contribution is -2.28. The first kappa shape index (κ1) is 24.5. The number of aryl methyl sites for hydroxylation is 2. The molecule has 0 atom stereocenters. The van der Waals surface area contributed by atoms with Crippen molar-refractivity contribution >= 4 is 17.7 Å². The molecule has 182 valence electrons. The minimum absolute atomic E-state index is 0.170. The second kappa shape index (κ2) is 9.95. The molecule has 1 amide bonds. The van der Waals surface area contributed by atoms with E-state index in [1.54, 1.807) is 18.8 Å². The third kappa shape index (κ3) is 5.09. The van der Waals surface area contributed by atoms with Crippen LogP contribution in [0.4, 0.5) is 17.6 Å². The van der Waals surface area contributed by atoms with Crippen LogP contribution in [-0.4, -0.2) is 37.2 Å². The summed E-state index contributed by atoms with van der Waals surface area (Å²) in [5.74, 6) is -4.44. The van der Waals surface area contributed by atoms with E-state index in [0.29, 0.717) is 5.69 Å². The van der Waals surface area contributed by atoms with Crippen LogP contribution in [0.2, 0.25) is 0 Å². The van der Waals surface area contributed by atoms with Crippen LogP contribution in [0.1, 0.15) is 27.3 Å². The van der Waals surface area contributed by atoms with Crippen LogP contribution < -0.4 is 0 Å². The van der Waals surface area contributed by atoms with Crippen molar-refractivity contribution in [2.24, 2.45) is 7.05 Å². The van der Waals surface area contributed by atoms with Crippen molar-refractivity contribution < 1.29 is 22.4 Å². The van der Waals surface area contributed by atoms with Crippen LogP contribution in [0.5, 0.6) is 0 Å². The maximum absolute atomic E-state index is 14.1. The number of carbonyl (C=O) groups is 1. The molecule has 11 heteroatoms. The molecular weight excluding hydrogens is 482 g/mol. The zero-order valence-electron chi connectivity index (χ0n) is 19.1. The van der Waals surface area contributed by atoms with Gasteiger partial charge >= 0.3 is 0 Å². The molecule has 0 radical (unpaired) electrons. The van der Waals surface area contributed by atoms with Crippen LogP contribution in [0, 0.1) is 30.2 Å². The maximum Gasteiger partial charge on any atom is 0.272 e. The number of nitrogens with zero attached hydrogens (tertiary/aromatic N) is 5. The van der Waals surface area contributed by atoms with Gasteiger partial charge in [-0.15, -0.1) is 0 Å². The number of benzene rings is 2. The maximum atomic E-state index is 14.1. The summed E-state index contributed by atoms with van der Waals surface area (Å²) in [5, 5.41) is 4.51. The van der Waals surface area contributed by atoms with Gasteiger partial charge in [0.25, 0.3) is 5.91 Å². The predicted octanol–water partition coefficient (Wildman–Crippen LogP) is 5.04. The van der Waals surface area contributed by atoms with Crippen LogP contribution in [0.3, 0.4) is 0 Å². The highest BCUT2D eigenvalue weighted by molar-refractivity contribution is 7.98. The van der Waals surface area contributed by atoms with Gasteiger partial charge in [-0.1, -0.05) is 11.8 Å². The number of hydrogen-bond donors (Lipinski definition) is 0. The minimum atomic E-state index is -1.28. The number of amides is 1. The molecule has 0 aliphatic heterocycles. The van der Waals surface area contributed by atoms with Gasteiger partial charge in [0.2, 0.25) is 0 Å². The van der Waals surface area contributed by atoms with Gasteiger partial charge in [0.15, 0.2) is 16.8 Å². The lowest BCUT2D eigenvalue weighted by Gasteiger charge is -2.18. The summed E-state index contributed by atoms with van der Waals surface area (Å²) >= 11 is 0.923. The molecule has 0 fully saturated rings. The van der Waals surface area contributed by atoms with Crippen LogP contribution in [0.25, 0.3) is 5.69 Å². The Morgan fingerprint density at radius 2 is 1.74 bits per heavy atom. The van der Waals surface area contributed by atoms with E-state index in [-0.39, 0.29) is 29.1 Å². The summed E-state index contributed by atoms with van der Waals surface area (Å²) in [7, 11) is 3.41. The highest BCUT2D eigenvalue weighted by Gasteiger charge is 2.23. The Morgan fingerprint density at radius 3 is 2.40 bits per heavy atom. The third-order valence-electron chi connectivity index (χ3n) is 5.39. The largest absolute Gasteiger partial charge is 0.336 e. The van der Waals surface area contributed by atoms with Crippen LogP contribution >= 0.6 is 11.8 Å². The van der Waals surface area contributed by atoms with E-state index in [4.69, 9.17) is 0 Å². The fraction of sp³-hybridized carbons (Fsp3) is 0.208. The molecule has 0 saturated heterocycles. The number of rotatable bonds is 7. The van der Waals surface area contributed by atoms with Crippen LogP contribution in [0.15, 0.2) is 53.9 Å². The van der Waals surface area contributed by atoms with Crippen molar-refractivity contribution in [1.82, 2.24) is 24.2 Å². The lowest BCUT2D eigenvalue weighted by molar-refractivity contribution is 0.0776. The van der Waals surface area contributed by atoms with Gasteiger partial charge in [-0.05, 0) is 43.3 Å². The number of imidazole rings is 1. The van der Waals surface area contributed by atoms with E-state index in [1.807, 2.05) is 13.1 Å². The van der Waals surface area contributed by atoms with E-state index in [2.05, 4.69) is 10.1 Å².